The van der Waals surface area contributed by atoms with Crippen molar-refractivity contribution in [1.82, 2.24) is 9.80 Å². The fourth-order valence-electron chi connectivity index (χ4n) is 2.44. The predicted octanol–water partition coefficient (Wildman–Crippen LogP) is 1.58. The van der Waals surface area contributed by atoms with Gasteiger partial charge in [-0.2, -0.15) is 5.26 Å². The highest BCUT2D eigenvalue weighted by atomic mass is 32.1. The fourth-order valence-corrected chi connectivity index (χ4v) is 3.19. The monoisotopic (exact) mass is 292 g/mol. The van der Waals surface area contributed by atoms with Crippen LogP contribution in [0.25, 0.3) is 0 Å². The van der Waals surface area contributed by atoms with E-state index in [1.165, 1.54) is 11.3 Å². The Hall–Kier alpha value is -1.42. The Morgan fingerprint density at radius 2 is 2.40 bits per heavy atom. The minimum absolute atomic E-state index is 0.0184. The molecule has 0 radical (unpaired) electrons. The van der Waals surface area contributed by atoms with Crippen LogP contribution in [0.2, 0.25) is 0 Å². The molecule has 2 heterocycles. The van der Waals surface area contributed by atoms with Crippen molar-refractivity contribution >= 4 is 22.2 Å². The summed E-state index contributed by atoms with van der Waals surface area (Å²) in [6.45, 7) is 6.07. The molecule has 1 aliphatic rings. The van der Waals surface area contributed by atoms with Gasteiger partial charge in [-0.15, -0.1) is 11.3 Å². The fraction of sp³-hybridized carbons (Fsp3) is 0.571. The van der Waals surface area contributed by atoms with Crippen LogP contribution in [-0.4, -0.2) is 55.0 Å². The van der Waals surface area contributed by atoms with Gasteiger partial charge in [-0.1, -0.05) is 0 Å². The van der Waals surface area contributed by atoms with Crippen LogP contribution in [0.15, 0.2) is 11.4 Å². The van der Waals surface area contributed by atoms with Gasteiger partial charge in [0.25, 0.3) is 0 Å². The molecular weight excluding hydrogens is 272 g/mol. The minimum Gasteiger partial charge on any atom is -0.317 e. The molecule has 1 N–H and O–H groups in total. The molecule has 0 saturated carbocycles. The van der Waals surface area contributed by atoms with Gasteiger partial charge in [0.2, 0.25) is 5.91 Å². The lowest BCUT2D eigenvalue weighted by atomic mass is 10.2. The number of rotatable bonds is 4. The van der Waals surface area contributed by atoms with E-state index >= 15 is 0 Å². The van der Waals surface area contributed by atoms with Crippen LogP contribution in [0.1, 0.15) is 18.9 Å². The number of amides is 1. The van der Waals surface area contributed by atoms with Crippen LogP contribution in [0.4, 0.5) is 5.00 Å². The first-order valence-electron chi connectivity index (χ1n) is 6.80. The van der Waals surface area contributed by atoms with Gasteiger partial charge in [-0.3, -0.25) is 9.69 Å². The SMILES string of the molecule is C[C@@H]1CN(C)CCN1CCC(=O)Nc1sccc1C#N. The van der Waals surface area contributed by atoms with Gasteiger partial charge < -0.3 is 10.2 Å². The van der Waals surface area contributed by atoms with Crippen molar-refractivity contribution in [2.24, 2.45) is 0 Å². The van der Waals surface area contributed by atoms with E-state index < -0.39 is 0 Å². The number of likely N-dealkylation sites (N-methyl/N-ethyl adjacent to an activating group) is 1. The van der Waals surface area contributed by atoms with E-state index in [2.05, 4.69) is 35.2 Å². The van der Waals surface area contributed by atoms with E-state index in [4.69, 9.17) is 5.26 Å². The van der Waals surface area contributed by atoms with E-state index in [0.717, 1.165) is 26.2 Å². The summed E-state index contributed by atoms with van der Waals surface area (Å²) in [4.78, 5) is 16.6. The Morgan fingerprint density at radius 1 is 1.60 bits per heavy atom. The molecule has 0 unspecified atom stereocenters. The molecule has 0 aliphatic carbocycles. The lowest BCUT2D eigenvalue weighted by molar-refractivity contribution is -0.116. The summed E-state index contributed by atoms with van der Waals surface area (Å²) in [5.74, 6) is -0.0184. The molecule has 1 fully saturated rings. The lowest BCUT2D eigenvalue weighted by Crippen LogP contribution is -2.50. The molecule has 0 bridgehead atoms. The molecule has 108 valence electrons. The molecule has 20 heavy (non-hydrogen) atoms. The molecule has 1 atom stereocenters. The van der Waals surface area contributed by atoms with Crippen molar-refractivity contribution in [3.63, 3.8) is 0 Å². The molecule has 6 heteroatoms. The van der Waals surface area contributed by atoms with E-state index in [-0.39, 0.29) is 5.91 Å². The van der Waals surface area contributed by atoms with Crippen molar-refractivity contribution in [1.29, 1.82) is 5.26 Å². The predicted molar refractivity (Wildman–Crippen MR) is 80.8 cm³/mol. The zero-order valence-electron chi connectivity index (χ0n) is 11.9. The summed E-state index contributed by atoms with van der Waals surface area (Å²) in [6.07, 6.45) is 0.469. The molecule has 0 aromatic carbocycles. The maximum atomic E-state index is 11.9. The van der Waals surface area contributed by atoms with Crippen molar-refractivity contribution in [3.8, 4) is 6.07 Å². The van der Waals surface area contributed by atoms with Crippen LogP contribution in [0.5, 0.6) is 0 Å². The maximum absolute atomic E-state index is 11.9. The van der Waals surface area contributed by atoms with Crippen LogP contribution in [0, 0.1) is 11.3 Å². The lowest BCUT2D eigenvalue weighted by Gasteiger charge is -2.38. The summed E-state index contributed by atoms with van der Waals surface area (Å²) in [5.41, 5.74) is 0.538. The summed E-state index contributed by atoms with van der Waals surface area (Å²) in [7, 11) is 2.13. The highest BCUT2D eigenvalue weighted by Crippen LogP contribution is 2.22. The topological polar surface area (TPSA) is 59.4 Å². The highest BCUT2D eigenvalue weighted by Gasteiger charge is 2.21. The molecular formula is C14H20N4OS. The van der Waals surface area contributed by atoms with Crippen molar-refractivity contribution in [2.45, 2.75) is 19.4 Å². The van der Waals surface area contributed by atoms with Gasteiger partial charge in [0.15, 0.2) is 0 Å². The molecule has 1 aliphatic heterocycles. The summed E-state index contributed by atoms with van der Waals surface area (Å²) < 4.78 is 0. The number of thiophene rings is 1. The van der Waals surface area contributed by atoms with Gasteiger partial charge in [0, 0.05) is 38.6 Å². The van der Waals surface area contributed by atoms with Gasteiger partial charge in [0.1, 0.15) is 11.1 Å². The van der Waals surface area contributed by atoms with Crippen LogP contribution in [-0.2, 0) is 4.79 Å². The number of nitrogens with zero attached hydrogens (tertiary/aromatic N) is 3. The Balaban J connectivity index is 1.80. The van der Waals surface area contributed by atoms with Gasteiger partial charge in [0.05, 0.1) is 5.56 Å². The third-order valence-electron chi connectivity index (χ3n) is 3.63. The van der Waals surface area contributed by atoms with Crippen molar-refractivity contribution in [3.05, 3.63) is 17.0 Å². The second-order valence-electron chi connectivity index (χ2n) is 5.22. The number of piperazine rings is 1. The number of hydrogen-bond donors (Lipinski definition) is 1. The smallest absolute Gasteiger partial charge is 0.226 e. The van der Waals surface area contributed by atoms with Gasteiger partial charge >= 0.3 is 0 Å². The van der Waals surface area contributed by atoms with Gasteiger partial charge in [-0.05, 0) is 25.4 Å². The van der Waals surface area contributed by atoms with Crippen molar-refractivity contribution in [2.75, 3.05) is 38.5 Å². The number of hydrogen-bond acceptors (Lipinski definition) is 5. The standard InChI is InChI=1S/C14H20N4OS/c1-11-10-17(2)6-7-18(11)5-3-13(19)16-14-12(9-15)4-8-20-14/h4,8,11H,3,5-7,10H2,1-2H3,(H,16,19)/t11-/m1/s1. The first-order chi connectivity index (χ1) is 9.60. The Morgan fingerprint density at radius 3 is 3.10 bits per heavy atom. The normalized spacial score (nSPS) is 20.6. The Labute approximate surface area is 123 Å². The average Bonchev–Trinajstić information content (AvgIpc) is 2.85. The molecule has 2 rings (SSSR count). The molecule has 1 aromatic heterocycles. The second kappa shape index (κ2) is 6.84. The van der Waals surface area contributed by atoms with Crippen LogP contribution < -0.4 is 5.32 Å². The van der Waals surface area contributed by atoms with E-state index in [0.29, 0.717) is 23.0 Å². The van der Waals surface area contributed by atoms with Gasteiger partial charge in [-0.25, -0.2) is 0 Å². The van der Waals surface area contributed by atoms with Crippen LogP contribution in [0.3, 0.4) is 0 Å². The molecule has 1 amide bonds. The van der Waals surface area contributed by atoms with E-state index in [1.54, 1.807) is 6.07 Å². The molecule has 5 nitrogen and oxygen atoms in total. The van der Waals surface area contributed by atoms with E-state index in [9.17, 15) is 4.79 Å². The van der Waals surface area contributed by atoms with Crippen molar-refractivity contribution < 1.29 is 4.79 Å². The second-order valence-corrected chi connectivity index (χ2v) is 6.14. The summed E-state index contributed by atoms with van der Waals surface area (Å²) in [6, 6.07) is 4.29. The summed E-state index contributed by atoms with van der Waals surface area (Å²) in [5, 5.41) is 14.2. The van der Waals surface area contributed by atoms with Crippen LogP contribution >= 0.6 is 11.3 Å². The third-order valence-corrected chi connectivity index (χ3v) is 4.46. The number of carbonyl (C=O) groups is 1. The maximum Gasteiger partial charge on any atom is 0.226 e. The number of anilines is 1. The quantitative estimate of drug-likeness (QED) is 0.915. The molecule has 1 saturated heterocycles. The Bertz CT molecular complexity index is 508. The average molecular weight is 292 g/mol. The first-order valence-corrected chi connectivity index (χ1v) is 7.68. The summed E-state index contributed by atoms with van der Waals surface area (Å²) >= 11 is 1.39. The number of nitriles is 1. The Kier molecular flexibility index (Phi) is 5.12. The first kappa shape index (κ1) is 15.0. The number of nitrogens with one attached hydrogen (secondary N) is 1. The van der Waals surface area contributed by atoms with E-state index in [1.807, 2.05) is 5.38 Å². The number of carbonyl (C=O) groups excluding carboxylic acids is 1. The highest BCUT2D eigenvalue weighted by molar-refractivity contribution is 7.14. The largest absolute Gasteiger partial charge is 0.317 e. The zero-order chi connectivity index (χ0) is 14.5. The molecule has 1 aromatic rings. The zero-order valence-corrected chi connectivity index (χ0v) is 12.7. The third kappa shape index (κ3) is 3.79. The molecule has 0 spiro atoms. The minimum atomic E-state index is -0.0184.